The quantitative estimate of drug-likeness (QED) is 0.806. The largest absolute Gasteiger partial charge is 0.473 e. The third-order valence-corrected chi connectivity index (χ3v) is 4.97. The maximum atomic E-state index is 12.3. The van der Waals surface area contributed by atoms with Crippen molar-refractivity contribution in [3.8, 4) is 5.75 Å². The van der Waals surface area contributed by atoms with Gasteiger partial charge in [-0.3, -0.25) is 0 Å². The number of benzene rings is 2. The summed E-state index contributed by atoms with van der Waals surface area (Å²) in [4.78, 5) is 16.5. The highest BCUT2D eigenvalue weighted by Crippen LogP contribution is 2.23. The minimum Gasteiger partial charge on any atom is -0.473 e. The third-order valence-electron chi connectivity index (χ3n) is 4.97. The van der Waals surface area contributed by atoms with Crippen LogP contribution in [0.15, 0.2) is 42.5 Å². The van der Waals surface area contributed by atoms with Gasteiger partial charge in [0.25, 0.3) is 0 Å². The highest BCUT2D eigenvalue weighted by atomic mass is 35.5. The SMILES string of the molecule is Cc1ccc(OCNC(=O)N2CCN(c3cccc(C)c3C)CC2)cc1.Cl. The Morgan fingerprint density at radius 1 is 1.00 bits per heavy atom. The van der Waals surface area contributed by atoms with Crippen LogP contribution in [-0.2, 0) is 0 Å². The summed E-state index contributed by atoms with van der Waals surface area (Å²) in [6, 6.07) is 14.1. The Bertz CT molecular complexity index is 757. The van der Waals surface area contributed by atoms with Crippen LogP contribution in [0.3, 0.4) is 0 Å². The predicted octanol–water partition coefficient (Wildman–Crippen LogP) is 3.90. The molecule has 6 heteroatoms. The van der Waals surface area contributed by atoms with Gasteiger partial charge in [0.05, 0.1) is 0 Å². The second-order valence-corrected chi connectivity index (χ2v) is 6.78. The van der Waals surface area contributed by atoms with Crippen molar-refractivity contribution in [1.82, 2.24) is 10.2 Å². The molecule has 27 heavy (non-hydrogen) atoms. The van der Waals surface area contributed by atoms with E-state index >= 15 is 0 Å². The molecular weight excluding hydrogens is 362 g/mol. The first-order chi connectivity index (χ1) is 12.5. The fourth-order valence-electron chi connectivity index (χ4n) is 3.16. The van der Waals surface area contributed by atoms with Crippen molar-refractivity contribution < 1.29 is 9.53 Å². The molecule has 0 saturated carbocycles. The topological polar surface area (TPSA) is 44.8 Å². The summed E-state index contributed by atoms with van der Waals surface area (Å²) in [5.74, 6) is 0.760. The third kappa shape index (κ3) is 5.30. The second-order valence-electron chi connectivity index (χ2n) is 6.78. The molecule has 0 radical (unpaired) electrons. The second kappa shape index (κ2) is 9.51. The van der Waals surface area contributed by atoms with Gasteiger partial charge in [0, 0.05) is 31.9 Å². The number of amides is 2. The van der Waals surface area contributed by atoms with E-state index in [1.807, 2.05) is 36.1 Å². The van der Waals surface area contributed by atoms with Crippen LogP contribution in [0.2, 0.25) is 0 Å². The molecule has 0 aromatic heterocycles. The van der Waals surface area contributed by atoms with E-state index < -0.39 is 0 Å². The average molecular weight is 390 g/mol. The first kappa shape index (κ1) is 20.9. The number of halogens is 1. The van der Waals surface area contributed by atoms with Crippen LogP contribution in [0.4, 0.5) is 10.5 Å². The van der Waals surface area contributed by atoms with Crippen LogP contribution in [0.25, 0.3) is 0 Å². The molecule has 2 aromatic rings. The van der Waals surface area contributed by atoms with Gasteiger partial charge in [0.2, 0.25) is 0 Å². The number of rotatable bonds is 4. The van der Waals surface area contributed by atoms with Crippen molar-refractivity contribution in [2.45, 2.75) is 20.8 Å². The number of carbonyl (C=O) groups is 1. The van der Waals surface area contributed by atoms with E-state index in [2.05, 4.69) is 42.3 Å². The van der Waals surface area contributed by atoms with E-state index in [9.17, 15) is 4.79 Å². The number of urea groups is 1. The number of hydrogen-bond donors (Lipinski definition) is 1. The molecule has 0 bridgehead atoms. The smallest absolute Gasteiger partial charge is 0.320 e. The molecule has 5 nitrogen and oxygen atoms in total. The molecule has 0 atom stereocenters. The Morgan fingerprint density at radius 2 is 1.67 bits per heavy atom. The van der Waals surface area contributed by atoms with E-state index in [0.29, 0.717) is 13.1 Å². The fraction of sp³-hybridized carbons (Fsp3) is 0.381. The summed E-state index contributed by atoms with van der Waals surface area (Å²) in [5, 5.41) is 2.84. The molecule has 1 saturated heterocycles. The van der Waals surface area contributed by atoms with Crippen LogP contribution in [0.1, 0.15) is 16.7 Å². The summed E-state index contributed by atoms with van der Waals surface area (Å²) in [7, 11) is 0. The normalized spacial score (nSPS) is 13.7. The molecule has 2 aromatic carbocycles. The van der Waals surface area contributed by atoms with E-state index in [-0.39, 0.29) is 25.2 Å². The molecule has 0 spiro atoms. The molecule has 1 N–H and O–H groups in total. The molecule has 146 valence electrons. The molecule has 1 aliphatic heterocycles. The Balaban J connectivity index is 0.00000261. The monoisotopic (exact) mass is 389 g/mol. The van der Waals surface area contributed by atoms with E-state index in [1.165, 1.54) is 22.4 Å². The average Bonchev–Trinajstić information content (AvgIpc) is 2.66. The van der Waals surface area contributed by atoms with Crippen molar-refractivity contribution in [2.75, 3.05) is 37.8 Å². The van der Waals surface area contributed by atoms with Crippen LogP contribution in [0, 0.1) is 20.8 Å². The molecule has 1 fully saturated rings. The van der Waals surface area contributed by atoms with Gasteiger partial charge in [0.15, 0.2) is 6.73 Å². The zero-order valence-electron chi connectivity index (χ0n) is 16.2. The number of carbonyl (C=O) groups excluding carboxylic acids is 1. The minimum atomic E-state index is -0.0716. The van der Waals surface area contributed by atoms with Crippen molar-refractivity contribution in [3.63, 3.8) is 0 Å². The lowest BCUT2D eigenvalue weighted by Crippen LogP contribution is -2.52. The van der Waals surface area contributed by atoms with Crippen molar-refractivity contribution in [2.24, 2.45) is 0 Å². The molecule has 2 amide bonds. The van der Waals surface area contributed by atoms with Crippen molar-refractivity contribution >= 4 is 24.1 Å². The number of aryl methyl sites for hydroxylation is 2. The summed E-state index contributed by atoms with van der Waals surface area (Å²) in [6.07, 6.45) is 0. The number of ether oxygens (including phenoxy) is 1. The van der Waals surface area contributed by atoms with Gasteiger partial charge in [-0.15, -0.1) is 12.4 Å². The van der Waals surface area contributed by atoms with E-state index in [0.717, 1.165) is 18.8 Å². The number of anilines is 1. The minimum absolute atomic E-state index is 0. The highest BCUT2D eigenvalue weighted by Gasteiger charge is 2.22. The summed E-state index contributed by atoms with van der Waals surface area (Å²) in [6.45, 7) is 9.62. The first-order valence-electron chi connectivity index (χ1n) is 9.08. The fourth-order valence-corrected chi connectivity index (χ4v) is 3.16. The maximum absolute atomic E-state index is 12.3. The van der Waals surface area contributed by atoms with Crippen molar-refractivity contribution in [3.05, 3.63) is 59.2 Å². The molecular formula is C21H28ClN3O2. The van der Waals surface area contributed by atoms with E-state index in [4.69, 9.17) is 4.74 Å². The van der Waals surface area contributed by atoms with Crippen LogP contribution in [-0.4, -0.2) is 43.8 Å². The lowest BCUT2D eigenvalue weighted by molar-refractivity contribution is 0.181. The summed E-state index contributed by atoms with van der Waals surface area (Å²) in [5.41, 5.74) is 5.07. The van der Waals surface area contributed by atoms with Crippen molar-refractivity contribution in [1.29, 1.82) is 0 Å². The van der Waals surface area contributed by atoms with E-state index in [1.54, 1.807) is 0 Å². The first-order valence-corrected chi connectivity index (χ1v) is 9.08. The van der Waals surface area contributed by atoms with Gasteiger partial charge in [-0.05, 0) is 50.1 Å². The molecule has 0 unspecified atom stereocenters. The Labute approximate surface area is 167 Å². The Morgan fingerprint density at radius 3 is 2.33 bits per heavy atom. The van der Waals surface area contributed by atoms with Crippen LogP contribution < -0.4 is 15.0 Å². The van der Waals surface area contributed by atoms with Gasteiger partial charge >= 0.3 is 6.03 Å². The van der Waals surface area contributed by atoms with Crippen LogP contribution >= 0.6 is 12.4 Å². The standard InChI is InChI=1S/C21H27N3O2.ClH/c1-16-7-9-19(10-8-16)26-15-22-21(25)24-13-11-23(12-14-24)20-6-4-5-17(2)18(20)3;/h4-10H,11-15H2,1-3H3,(H,22,25);1H. The van der Waals surface area contributed by atoms with Gasteiger partial charge in [-0.1, -0.05) is 29.8 Å². The zero-order chi connectivity index (χ0) is 18.5. The Kier molecular flexibility index (Phi) is 7.36. The van der Waals surface area contributed by atoms with Gasteiger partial charge in [0.1, 0.15) is 5.75 Å². The maximum Gasteiger partial charge on any atom is 0.320 e. The lowest BCUT2D eigenvalue weighted by atomic mass is 10.1. The van der Waals surface area contributed by atoms with Gasteiger partial charge in [-0.2, -0.15) is 0 Å². The molecule has 3 rings (SSSR count). The molecule has 1 aliphatic rings. The highest BCUT2D eigenvalue weighted by molar-refractivity contribution is 5.85. The molecule has 1 heterocycles. The zero-order valence-corrected chi connectivity index (χ0v) is 17.0. The summed E-state index contributed by atoms with van der Waals surface area (Å²) >= 11 is 0. The Hall–Kier alpha value is -2.40. The predicted molar refractivity (Wildman–Crippen MR) is 112 cm³/mol. The molecule has 0 aliphatic carbocycles. The van der Waals surface area contributed by atoms with Gasteiger partial charge in [-0.25, -0.2) is 4.79 Å². The number of nitrogens with one attached hydrogen (secondary N) is 1. The number of nitrogens with zero attached hydrogens (tertiary/aromatic N) is 2. The van der Waals surface area contributed by atoms with Crippen LogP contribution in [0.5, 0.6) is 5.75 Å². The lowest BCUT2D eigenvalue weighted by Gasteiger charge is -2.37. The number of hydrogen-bond acceptors (Lipinski definition) is 3. The van der Waals surface area contributed by atoms with Gasteiger partial charge < -0.3 is 19.9 Å². The summed E-state index contributed by atoms with van der Waals surface area (Å²) < 4.78 is 5.57. The number of piperazine rings is 1.